The Morgan fingerprint density at radius 2 is 1.25 bits per heavy atom. The molecule has 0 unspecified atom stereocenters. The van der Waals surface area contributed by atoms with Crippen molar-refractivity contribution in [2.45, 2.75) is 27.1 Å². The van der Waals surface area contributed by atoms with Crippen molar-refractivity contribution in [1.82, 2.24) is 19.9 Å². The van der Waals surface area contributed by atoms with E-state index < -0.39 is 18.4 Å². The Kier molecular flexibility index (Phi) is 9.40. The van der Waals surface area contributed by atoms with Gasteiger partial charge in [-0.3, -0.25) is 0 Å². The number of aliphatic hydroxyl groups is 1. The number of nitrogen functional groups attached to an aromatic ring is 1. The van der Waals surface area contributed by atoms with Gasteiger partial charge < -0.3 is 25.6 Å². The molecule has 0 saturated heterocycles. The van der Waals surface area contributed by atoms with Gasteiger partial charge in [-0.05, 0) is 25.0 Å². The molecule has 2 heterocycles. The molecule has 0 saturated carbocycles. The second-order valence-electron chi connectivity index (χ2n) is 7.62. The SMILES string of the molecule is Cc1ccc(COc2ncc(F)c(N)n2)cc1.Cc1ccc(COc2ncc(F)c(NCO)n2)cc1. The molecule has 36 heavy (non-hydrogen) atoms. The smallest absolute Gasteiger partial charge is 0.318 e. The summed E-state index contributed by atoms with van der Waals surface area (Å²) in [5.74, 6) is -1.58. The first-order chi connectivity index (χ1) is 17.3. The number of hydrogen-bond donors (Lipinski definition) is 3. The van der Waals surface area contributed by atoms with Gasteiger partial charge in [-0.2, -0.15) is 9.97 Å². The van der Waals surface area contributed by atoms with Crippen molar-refractivity contribution < 1.29 is 23.4 Å². The minimum absolute atomic E-state index is 0.0536. The van der Waals surface area contributed by atoms with E-state index in [1.165, 1.54) is 5.56 Å². The molecule has 0 radical (unpaired) electrons. The van der Waals surface area contributed by atoms with Gasteiger partial charge in [0, 0.05) is 0 Å². The molecule has 0 spiro atoms. The van der Waals surface area contributed by atoms with E-state index in [0.717, 1.165) is 29.1 Å². The zero-order valence-corrected chi connectivity index (χ0v) is 19.8. The van der Waals surface area contributed by atoms with Gasteiger partial charge in [0.15, 0.2) is 23.3 Å². The van der Waals surface area contributed by atoms with E-state index in [4.69, 9.17) is 20.3 Å². The molecular formula is C25H26F2N6O3. The van der Waals surface area contributed by atoms with Crippen molar-refractivity contribution in [2.24, 2.45) is 0 Å². The summed E-state index contributed by atoms with van der Waals surface area (Å²) < 4.78 is 36.7. The zero-order valence-electron chi connectivity index (χ0n) is 19.8. The molecule has 4 N–H and O–H groups in total. The van der Waals surface area contributed by atoms with Gasteiger partial charge in [-0.15, -0.1) is 0 Å². The van der Waals surface area contributed by atoms with Gasteiger partial charge >= 0.3 is 12.0 Å². The lowest BCUT2D eigenvalue weighted by Crippen LogP contribution is -2.07. The highest BCUT2D eigenvalue weighted by molar-refractivity contribution is 5.35. The molecule has 4 rings (SSSR count). The van der Waals surface area contributed by atoms with Crippen LogP contribution in [0.15, 0.2) is 60.9 Å². The summed E-state index contributed by atoms with van der Waals surface area (Å²) in [6.07, 6.45) is 1.99. The number of anilines is 2. The highest BCUT2D eigenvalue weighted by atomic mass is 19.1. The zero-order chi connectivity index (χ0) is 25.9. The number of aromatic nitrogens is 4. The van der Waals surface area contributed by atoms with Gasteiger partial charge in [-0.1, -0.05) is 59.7 Å². The number of nitrogens with zero attached hydrogens (tertiary/aromatic N) is 4. The molecule has 0 aliphatic rings. The molecule has 2 aromatic heterocycles. The summed E-state index contributed by atoms with van der Waals surface area (Å²) in [4.78, 5) is 14.9. The Bertz CT molecular complexity index is 1260. The van der Waals surface area contributed by atoms with Crippen molar-refractivity contribution in [3.63, 3.8) is 0 Å². The van der Waals surface area contributed by atoms with Crippen LogP contribution in [0, 0.1) is 25.5 Å². The van der Waals surface area contributed by atoms with Gasteiger partial charge in [0.05, 0.1) is 12.4 Å². The Labute approximate surface area is 207 Å². The third-order valence-corrected chi connectivity index (χ3v) is 4.69. The maximum absolute atomic E-state index is 13.2. The summed E-state index contributed by atoms with van der Waals surface area (Å²) in [7, 11) is 0. The molecule has 2 aromatic carbocycles. The number of ether oxygens (including phenoxy) is 2. The van der Waals surface area contributed by atoms with Crippen LogP contribution in [-0.2, 0) is 13.2 Å². The molecule has 11 heteroatoms. The van der Waals surface area contributed by atoms with Crippen LogP contribution in [-0.4, -0.2) is 31.8 Å². The van der Waals surface area contributed by atoms with Gasteiger partial charge in [0.1, 0.15) is 19.9 Å². The summed E-state index contributed by atoms with van der Waals surface area (Å²) >= 11 is 0. The van der Waals surface area contributed by atoms with Crippen molar-refractivity contribution in [3.05, 3.63) is 94.8 Å². The molecule has 0 atom stereocenters. The quantitative estimate of drug-likeness (QED) is 0.311. The largest absolute Gasteiger partial charge is 0.459 e. The first-order valence-electron chi connectivity index (χ1n) is 10.9. The van der Waals surface area contributed by atoms with E-state index in [9.17, 15) is 8.78 Å². The lowest BCUT2D eigenvalue weighted by Gasteiger charge is -2.07. The fourth-order valence-corrected chi connectivity index (χ4v) is 2.72. The van der Waals surface area contributed by atoms with E-state index in [1.807, 2.05) is 62.4 Å². The van der Waals surface area contributed by atoms with Crippen LogP contribution in [0.4, 0.5) is 20.4 Å². The van der Waals surface area contributed by atoms with Crippen LogP contribution in [0.1, 0.15) is 22.3 Å². The topological polar surface area (TPSA) is 128 Å². The summed E-state index contributed by atoms with van der Waals surface area (Å²) in [6.45, 7) is 4.22. The van der Waals surface area contributed by atoms with Crippen LogP contribution in [0.2, 0.25) is 0 Å². The van der Waals surface area contributed by atoms with E-state index in [0.29, 0.717) is 13.2 Å². The van der Waals surface area contributed by atoms with E-state index >= 15 is 0 Å². The predicted molar refractivity (Wildman–Crippen MR) is 130 cm³/mol. The molecule has 0 aliphatic carbocycles. The lowest BCUT2D eigenvalue weighted by molar-refractivity contribution is 0.279. The Balaban J connectivity index is 0.000000202. The number of hydrogen-bond acceptors (Lipinski definition) is 9. The highest BCUT2D eigenvalue weighted by Crippen LogP contribution is 2.14. The summed E-state index contributed by atoms with van der Waals surface area (Å²) in [5.41, 5.74) is 9.60. The fourth-order valence-electron chi connectivity index (χ4n) is 2.72. The average Bonchev–Trinajstić information content (AvgIpc) is 2.88. The number of aliphatic hydroxyl groups excluding tert-OH is 1. The predicted octanol–water partition coefficient (Wildman–Crippen LogP) is 3.95. The molecule has 0 amide bonds. The first-order valence-corrected chi connectivity index (χ1v) is 10.9. The van der Waals surface area contributed by atoms with Crippen LogP contribution >= 0.6 is 0 Å². The Morgan fingerprint density at radius 3 is 1.72 bits per heavy atom. The van der Waals surface area contributed by atoms with Crippen molar-refractivity contribution >= 4 is 11.6 Å². The van der Waals surface area contributed by atoms with Crippen LogP contribution in [0.25, 0.3) is 0 Å². The standard InChI is InChI=1S/C13H14FN3O2.C12H12FN3O/c1-9-2-4-10(5-3-9)7-19-13-15-6-11(14)12(17-13)16-8-18;1-8-2-4-9(5-3-8)7-17-12-15-6-10(13)11(14)16-12/h2-6,18H,7-8H2,1H3,(H,15,16,17);2-6H,7H2,1H3,(H2,14,15,16). The molecule has 4 aromatic rings. The number of aryl methyl sites for hydroxylation is 2. The molecule has 9 nitrogen and oxygen atoms in total. The number of halogens is 2. The van der Waals surface area contributed by atoms with Crippen LogP contribution in [0.5, 0.6) is 12.0 Å². The molecule has 188 valence electrons. The second kappa shape index (κ2) is 12.9. The van der Waals surface area contributed by atoms with Gasteiger partial charge in [0.2, 0.25) is 0 Å². The highest BCUT2D eigenvalue weighted by Gasteiger charge is 2.07. The van der Waals surface area contributed by atoms with E-state index in [-0.39, 0.29) is 23.7 Å². The monoisotopic (exact) mass is 496 g/mol. The Hall–Kier alpha value is -4.38. The van der Waals surface area contributed by atoms with Crippen molar-refractivity contribution in [2.75, 3.05) is 17.8 Å². The summed E-state index contributed by atoms with van der Waals surface area (Å²) in [6, 6.07) is 15.8. The van der Waals surface area contributed by atoms with Crippen LogP contribution < -0.4 is 20.5 Å². The summed E-state index contributed by atoms with van der Waals surface area (Å²) in [5, 5.41) is 11.1. The number of nitrogens with one attached hydrogen (secondary N) is 1. The molecule has 0 aliphatic heterocycles. The van der Waals surface area contributed by atoms with Crippen molar-refractivity contribution in [1.29, 1.82) is 0 Å². The van der Waals surface area contributed by atoms with E-state index in [2.05, 4.69) is 25.3 Å². The average molecular weight is 497 g/mol. The third-order valence-electron chi connectivity index (χ3n) is 4.69. The number of nitrogens with two attached hydrogens (primary N) is 1. The van der Waals surface area contributed by atoms with Gasteiger partial charge in [-0.25, -0.2) is 18.7 Å². The first kappa shape index (κ1) is 26.2. The normalized spacial score (nSPS) is 10.2. The van der Waals surface area contributed by atoms with Crippen molar-refractivity contribution in [3.8, 4) is 12.0 Å². The van der Waals surface area contributed by atoms with E-state index in [1.54, 1.807) is 0 Å². The van der Waals surface area contributed by atoms with Gasteiger partial charge in [0.25, 0.3) is 0 Å². The fraction of sp³-hybridized carbons (Fsp3) is 0.200. The second-order valence-corrected chi connectivity index (χ2v) is 7.62. The molecular weight excluding hydrogens is 470 g/mol. The van der Waals surface area contributed by atoms with Crippen LogP contribution in [0.3, 0.4) is 0 Å². The number of rotatable bonds is 8. The number of benzene rings is 2. The molecule has 0 fully saturated rings. The maximum atomic E-state index is 13.2. The Morgan fingerprint density at radius 1 is 0.778 bits per heavy atom. The molecule has 0 bridgehead atoms. The third kappa shape index (κ3) is 8.13. The maximum Gasteiger partial charge on any atom is 0.318 e. The minimum atomic E-state index is -0.646. The minimum Gasteiger partial charge on any atom is -0.459 e. The lowest BCUT2D eigenvalue weighted by atomic mass is 10.2.